The predicted molar refractivity (Wildman–Crippen MR) is 109 cm³/mol. The molecule has 3 aromatic heterocycles. The van der Waals surface area contributed by atoms with Crippen molar-refractivity contribution in [3.8, 4) is 11.6 Å². The molecule has 0 radical (unpaired) electrons. The molecular formula is C20H18N8O3. The molecule has 2 amide bonds. The number of fused-ring (bicyclic) bond motifs is 2. The number of hydrogen-bond donors (Lipinski definition) is 2. The maximum absolute atomic E-state index is 12.5. The summed E-state index contributed by atoms with van der Waals surface area (Å²) >= 11 is 0. The molecule has 1 aromatic carbocycles. The normalized spacial score (nSPS) is 15.5. The molecule has 11 heteroatoms. The van der Waals surface area contributed by atoms with Gasteiger partial charge in [0.15, 0.2) is 23.9 Å². The van der Waals surface area contributed by atoms with Gasteiger partial charge in [0, 0.05) is 17.9 Å². The van der Waals surface area contributed by atoms with Crippen LogP contribution in [0.4, 0.5) is 5.82 Å². The molecule has 5 rings (SSSR count). The van der Waals surface area contributed by atoms with E-state index in [1.165, 1.54) is 0 Å². The van der Waals surface area contributed by atoms with E-state index < -0.39 is 5.91 Å². The van der Waals surface area contributed by atoms with Crippen LogP contribution in [0.2, 0.25) is 0 Å². The van der Waals surface area contributed by atoms with Crippen molar-refractivity contribution in [2.75, 3.05) is 11.9 Å². The topological polar surface area (TPSA) is 142 Å². The molecule has 156 valence electrons. The number of rotatable bonds is 5. The summed E-state index contributed by atoms with van der Waals surface area (Å²) in [4.78, 5) is 23.4. The van der Waals surface area contributed by atoms with Crippen LogP contribution < -0.4 is 15.8 Å². The number of hydrogen-bond acceptors (Lipinski definition) is 7. The predicted octanol–water partition coefficient (Wildman–Crippen LogP) is 0.957. The Morgan fingerprint density at radius 2 is 2.03 bits per heavy atom. The van der Waals surface area contributed by atoms with Gasteiger partial charge in [0.1, 0.15) is 11.6 Å². The number of carbonyl (C=O) groups excluding carboxylic acids is 2. The molecular weight excluding hydrogens is 400 g/mol. The fourth-order valence-corrected chi connectivity index (χ4v) is 3.64. The third-order valence-electron chi connectivity index (χ3n) is 5.11. The van der Waals surface area contributed by atoms with Gasteiger partial charge in [-0.05, 0) is 36.8 Å². The first kappa shape index (κ1) is 18.7. The van der Waals surface area contributed by atoms with Gasteiger partial charge in [0.05, 0.1) is 6.20 Å². The molecule has 0 aliphatic carbocycles. The Balaban J connectivity index is 1.50. The van der Waals surface area contributed by atoms with Crippen molar-refractivity contribution >= 4 is 23.3 Å². The molecule has 3 N–H and O–H groups in total. The van der Waals surface area contributed by atoms with Crippen molar-refractivity contribution in [1.29, 1.82) is 0 Å². The number of benzene rings is 1. The Morgan fingerprint density at radius 1 is 1.23 bits per heavy atom. The molecule has 0 unspecified atom stereocenters. The fourth-order valence-electron chi connectivity index (χ4n) is 3.64. The molecule has 4 aromatic rings. The zero-order valence-electron chi connectivity index (χ0n) is 16.5. The van der Waals surface area contributed by atoms with Gasteiger partial charge in [0.2, 0.25) is 5.91 Å². The molecule has 31 heavy (non-hydrogen) atoms. The van der Waals surface area contributed by atoms with Gasteiger partial charge in [-0.2, -0.15) is 14.3 Å². The Bertz CT molecular complexity index is 1310. The van der Waals surface area contributed by atoms with Gasteiger partial charge < -0.3 is 15.8 Å². The molecule has 0 bridgehead atoms. The molecule has 1 aliphatic heterocycles. The maximum Gasteiger partial charge on any atom is 0.255 e. The second-order valence-corrected chi connectivity index (χ2v) is 7.20. The molecule has 0 saturated carbocycles. The first-order valence-electron chi connectivity index (χ1n) is 9.58. The minimum atomic E-state index is -0.543. The van der Waals surface area contributed by atoms with Crippen LogP contribution in [-0.4, -0.2) is 48.0 Å². The molecule has 1 atom stereocenters. The fraction of sp³-hybridized carbons (Fsp3) is 0.200. The molecule has 0 fully saturated rings. The Hall–Kier alpha value is -4.28. The first-order valence-corrected chi connectivity index (χ1v) is 9.58. The summed E-state index contributed by atoms with van der Waals surface area (Å²) in [5, 5.41) is 20.0. The number of anilines is 1. The monoisotopic (exact) mass is 418 g/mol. The van der Waals surface area contributed by atoms with E-state index in [0.29, 0.717) is 28.9 Å². The third-order valence-corrected chi connectivity index (χ3v) is 5.11. The summed E-state index contributed by atoms with van der Waals surface area (Å²) in [5.74, 6) is 1.45. The highest BCUT2D eigenvalue weighted by atomic mass is 16.5. The Morgan fingerprint density at radius 3 is 2.81 bits per heavy atom. The summed E-state index contributed by atoms with van der Waals surface area (Å²) in [6, 6.07) is 10.8. The number of nitrogens with one attached hydrogen (secondary N) is 1. The lowest BCUT2D eigenvalue weighted by atomic mass is 9.87. The SMILES string of the molecule is Cc1nnc2ccc(-n3ncc4c3NC(=O)C[C@@H]4c3ccc(OCC(N)=O)cc3)nn12. The smallest absolute Gasteiger partial charge is 0.255 e. The number of aromatic nitrogens is 6. The van der Waals surface area contributed by atoms with Crippen molar-refractivity contribution in [3.05, 3.63) is 59.5 Å². The van der Waals surface area contributed by atoms with Crippen LogP contribution in [0.15, 0.2) is 42.6 Å². The lowest BCUT2D eigenvalue weighted by Gasteiger charge is -2.23. The number of carbonyl (C=O) groups is 2. The highest BCUT2D eigenvalue weighted by molar-refractivity contribution is 5.94. The van der Waals surface area contributed by atoms with Crippen LogP contribution in [0, 0.1) is 6.92 Å². The van der Waals surface area contributed by atoms with E-state index in [4.69, 9.17) is 10.5 Å². The first-order chi connectivity index (χ1) is 15.0. The van der Waals surface area contributed by atoms with Crippen molar-refractivity contribution < 1.29 is 14.3 Å². The number of nitrogens with two attached hydrogens (primary N) is 1. The van der Waals surface area contributed by atoms with E-state index in [1.807, 2.05) is 19.1 Å². The molecule has 11 nitrogen and oxygen atoms in total. The number of primary amides is 1. The van der Waals surface area contributed by atoms with Gasteiger partial charge in [-0.15, -0.1) is 15.3 Å². The number of ether oxygens (including phenoxy) is 1. The summed E-state index contributed by atoms with van der Waals surface area (Å²) < 4.78 is 8.53. The second-order valence-electron chi connectivity index (χ2n) is 7.20. The average molecular weight is 418 g/mol. The van der Waals surface area contributed by atoms with Crippen molar-refractivity contribution in [2.24, 2.45) is 5.73 Å². The molecule has 0 spiro atoms. The zero-order valence-corrected chi connectivity index (χ0v) is 16.5. The molecule has 4 heterocycles. The van der Waals surface area contributed by atoms with Crippen LogP contribution in [-0.2, 0) is 9.59 Å². The van der Waals surface area contributed by atoms with Gasteiger partial charge in [-0.3, -0.25) is 9.59 Å². The average Bonchev–Trinajstić information content (AvgIpc) is 3.35. The van der Waals surface area contributed by atoms with Crippen LogP contribution in [0.1, 0.15) is 29.3 Å². The number of amides is 2. The van der Waals surface area contributed by atoms with Crippen LogP contribution in [0.25, 0.3) is 11.5 Å². The van der Waals surface area contributed by atoms with Crippen molar-refractivity contribution in [2.45, 2.75) is 19.3 Å². The van der Waals surface area contributed by atoms with Crippen LogP contribution in [0.5, 0.6) is 5.75 Å². The van der Waals surface area contributed by atoms with E-state index in [1.54, 1.807) is 39.7 Å². The van der Waals surface area contributed by atoms with Crippen LogP contribution >= 0.6 is 0 Å². The van der Waals surface area contributed by atoms with E-state index in [9.17, 15) is 9.59 Å². The van der Waals surface area contributed by atoms with Gasteiger partial charge in [0.25, 0.3) is 5.91 Å². The van der Waals surface area contributed by atoms with E-state index >= 15 is 0 Å². The lowest BCUT2D eigenvalue weighted by molar-refractivity contribution is -0.120. The van der Waals surface area contributed by atoms with Crippen LogP contribution in [0.3, 0.4) is 0 Å². The summed E-state index contributed by atoms with van der Waals surface area (Å²) in [6.07, 6.45) is 2.03. The van der Waals surface area contributed by atoms with E-state index in [-0.39, 0.29) is 24.9 Å². The van der Waals surface area contributed by atoms with Crippen molar-refractivity contribution in [1.82, 2.24) is 29.6 Å². The van der Waals surface area contributed by atoms with Gasteiger partial charge >= 0.3 is 0 Å². The van der Waals surface area contributed by atoms with Gasteiger partial charge in [-0.25, -0.2) is 0 Å². The Labute approximate surface area is 175 Å². The number of nitrogens with zero attached hydrogens (tertiary/aromatic N) is 6. The lowest BCUT2D eigenvalue weighted by Crippen LogP contribution is -2.25. The molecule has 0 saturated heterocycles. The largest absolute Gasteiger partial charge is 0.484 e. The minimum Gasteiger partial charge on any atom is -0.484 e. The highest BCUT2D eigenvalue weighted by Gasteiger charge is 2.30. The summed E-state index contributed by atoms with van der Waals surface area (Å²) in [6.45, 7) is 1.62. The maximum atomic E-state index is 12.5. The van der Waals surface area contributed by atoms with E-state index in [0.717, 1.165) is 11.1 Å². The molecule has 1 aliphatic rings. The van der Waals surface area contributed by atoms with E-state index in [2.05, 4.69) is 25.7 Å². The highest BCUT2D eigenvalue weighted by Crippen LogP contribution is 2.38. The summed E-state index contributed by atoms with van der Waals surface area (Å²) in [7, 11) is 0. The zero-order chi connectivity index (χ0) is 21.5. The standard InChI is InChI=1S/C20H18N8O3/c1-11-24-25-17-6-7-18(26-27(11)17)28-20-15(9-22-28)14(8-19(30)23-20)12-2-4-13(5-3-12)31-10-16(21)29/h2-7,9,14H,8,10H2,1H3,(H2,21,29)(H,23,30)/t14-/m1/s1. The quantitative estimate of drug-likeness (QED) is 0.491. The number of aryl methyl sites for hydroxylation is 1. The minimum absolute atomic E-state index is 0.116. The van der Waals surface area contributed by atoms with Crippen molar-refractivity contribution in [3.63, 3.8) is 0 Å². The summed E-state index contributed by atoms with van der Waals surface area (Å²) in [5.41, 5.74) is 7.55. The van der Waals surface area contributed by atoms with Gasteiger partial charge in [-0.1, -0.05) is 12.1 Å². The third kappa shape index (κ3) is 3.35. The Kier molecular flexibility index (Phi) is 4.35. The second kappa shape index (κ2) is 7.20.